The van der Waals surface area contributed by atoms with Crippen LogP contribution in [0.2, 0.25) is 5.02 Å². The van der Waals surface area contributed by atoms with Crippen LogP contribution in [0.25, 0.3) is 0 Å². The van der Waals surface area contributed by atoms with E-state index in [-0.39, 0.29) is 12.5 Å². The summed E-state index contributed by atoms with van der Waals surface area (Å²) in [6.07, 6.45) is 3.74. The van der Waals surface area contributed by atoms with Crippen molar-refractivity contribution in [3.8, 4) is 5.75 Å². The van der Waals surface area contributed by atoms with Crippen molar-refractivity contribution in [1.82, 2.24) is 5.32 Å². The van der Waals surface area contributed by atoms with E-state index in [1.165, 1.54) is 0 Å². The highest BCUT2D eigenvalue weighted by atomic mass is 35.5. The molecule has 0 atom stereocenters. The fourth-order valence-corrected chi connectivity index (χ4v) is 1.15. The molecule has 86 valence electrons. The summed E-state index contributed by atoms with van der Waals surface area (Å²) in [6, 6.07) is 6.88. The molecule has 0 aliphatic carbocycles. The molecule has 0 fully saturated rings. The quantitative estimate of drug-likeness (QED) is 0.802. The summed E-state index contributed by atoms with van der Waals surface area (Å²) in [4.78, 5) is 11.3. The molecule has 1 amide bonds. The van der Waals surface area contributed by atoms with Crippen LogP contribution in [0, 0.1) is 0 Å². The van der Waals surface area contributed by atoms with Gasteiger partial charge in [-0.1, -0.05) is 23.8 Å². The molecule has 4 heteroatoms. The van der Waals surface area contributed by atoms with Crippen molar-refractivity contribution in [3.05, 3.63) is 41.4 Å². The number of hydrogen-bond acceptors (Lipinski definition) is 2. The maximum absolute atomic E-state index is 11.3. The summed E-state index contributed by atoms with van der Waals surface area (Å²) in [5.74, 6) is 0.485. The summed E-state index contributed by atoms with van der Waals surface area (Å²) in [6.45, 7) is 2.44. The second-order valence-corrected chi connectivity index (χ2v) is 3.55. The number of halogens is 1. The summed E-state index contributed by atoms with van der Waals surface area (Å²) in [5.41, 5.74) is 0. The number of amides is 1. The first kappa shape index (κ1) is 12.6. The molecule has 1 aromatic rings. The van der Waals surface area contributed by atoms with Gasteiger partial charge in [-0.2, -0.15) is 0 Å². The lowest BCUT2D eigenvalue weighted by molar-refractivity contribution is -0.122. The van der Waals surface area contributed by atoms with Crippen molar-refractivity contribution in [2.24, 2.45) is 0 Å². The molecular formula is C12H14ClNO2. The molecule has 0 heterocycles. The Balaban J connectivity index is 2.28. The molecule has 0 spiro atoms. The molecule has 1 N–H and O–H groups in total. The standard InChI is InChI=1S/C12H14ClNO2/c1-2-3-8-14-12(15)9-16-11-6-4-10(13)5-7-11/h2-7H,8-9H2,1H3,(H,14,15)/b3-2+. The Kier molecular flexibility index (Phi) is 5.43. The zero-order valence-electron chi connectivity index (χ0n) is 9.07. The van der Waals surface area contributed by atoms with E-state index in [4.69, 9.17) is 16.3 Å². The van der Waals surface area contributed by atoms with Crippen LogP contribution >= 0.6 is 11.6 Å². The van der Waals surface area contributed by atoms with E-state index >= 15 is 0 Å². The molecule has 16 heavy (non-hydrogen) atoms. The van der Waals surface area contributed by atoms with Crippen molar-refractivity contribution < 1.29 is 9.53 Å². The summed E-state index contributed by atoms with van der Waals surface area (Å²) >= 11 is 5.72. The lowest BCUT2D eigenvalue weighted by Gasteiger charge is -2.05. The maximum atomic E-state index is 11.3. The Bertz CT molecular complexity index is 360. The van der Waals surface area contributed by atoms with Gasteiger partial charge in [0.15, 0.2) is 6.61 Å². The Morgan fingerprint density at radius 1 is 1.44 bits per heavy atom. The Morgan fingerprint density at radius 3 is 2.75 bits per heavy atom. The van der Waals surface area contributed by atoms with Gasteiger partial charge in [0.25, 0.3) is 5.91 Å². The van der Waals surface area contributed by atoms with Crippen LogP contribution in [-0.4, -0.2) is 19.1 Å². The van der Waals surface area contributed by atoms with Gasteiger partial charge in [0.1, 0.15) is 5.75 Å². The third-order valence-corrected chi connectivity index (χ3v) is 2.09. The first-order chi connectivity index (χ1) is 7.72. The van der Waals surface area contributed by atoms with Gasteiger partial charge >= 0.3 is 0 Å². The van der Waals surface area contributed by atoms with E-state index in [9.17, 15) is 4.79 Å². The second kappa shape index (κ2) is 6.90. The van der Waals surface area contributed by atoms with Crippen molar-refractivity contribution in [1.29, 1.82) is 0 Å². The van der Waals surface area contributed by atoms with E-state index in [0.717, 1.165) is 0 Å². The van der Waals surface area contributed by atoms with Crippen LogP contribution in [-0.2, 0) is 4.79 Å². The maximum Gasteiger partial charge on any atom is 0.258 e. The van der Waals surface area contributed by atoms with Gasteiger partial charge in [-0.05, 0) is 31.2 Å². The minimum Gasteiger partial charge on any atom is -0.484 e. The monoisotopic (exact) mass is 239 g/mol. The van der Waals surface area contributed by atoms with Gasteiger partial charge in [-0.3, -0.25) is 4.79 Å². The smallest absolute Gasteiger partial charge is 0.258 e. The van der Waals surface area contributed by atoms with Crippen molar-refractivity contribution in [2.45, 2.75) is 6.92 Å². The molecule has 0 bridgehead atoms. The molecule has 0 saturated carbocycles. The number of allylic oxidation sites excluding steroid dienone is 1. The number of ether oxygens (including phenoxy) is 1. The predicted molar refractivity (Wildman–Crippen MR) is 64.8 cm³/mol. The minimum absolute atomic E-state index is 0.0131. The Morgan fingerprint density at radius 2 is 2.12 bits per heavy atom. The van der Waals surface area contributed by atoms with Gasteiger partial charge in [0.2, 0.25) is 0 Å². The minimum atomic E-state index is -0.145. The van der Waals surface area contributed by atoms with Crippen LogP contribution in [0.15, 0.2) is 36.4 Å². The van der Waals surface area contributed by atoms with Crippen molar-refractivity contribution >= 4 is 17.5 Å². The van der Waals surface area contributed by atoms with Gasteiger partial charge < -0.3 is 10.1 Å². The number of hydrogen-bond donors (Lipinski definition) is 1. The zero-order chi connectivity index (χ0) is 11.8. The fraction of sp³-hybridized carbons (Fsp3) is 0.250. The average molecular weight is 240 g/mol. The van der Waals surface area contributed by atoms with Crippen molar-refractivity contribution in [3.63, 3.8) is 0 Å². The highest BCUT2D eigenvalue weighted by molar-refractivity contribution is 6.30. The summed E-state index contributed by atoms with van der Waals surface area (Å²) in [5, 5.41) is 3.33. The topological polar surface area (TPSA) is 38.3 Å². The lowest BCUT2D eigenvalue weighted by atomic mass is 10.3. The van der Waals surface area contributed by atoms with Crippen molar-refractivity contribution in [2.75, 3.05) is 13.2 Å². The highest BCUT2D eigenvalue weighted by Gasteiger charge is 2.00. The molecule has 0 aromatic heterocycles. The van der Waals surface area contributed by atoms with Crippen LogP contribution in [0.4, 0.5) is 0 Å². The molecule has 0 radical (unpaired) electrons. The van der Waals surface area contributed by atoms with Gasteiger partial charge in [-0.25, -0.2) is 0 Å². The number of carbonyl (C=O) groups is 1. The fourth-order valence-electron chi connectivity index (χ4n) is 1.02. The Hall–Kier alpha value is -1.48. The predicted octanol–water partition coefficient (Wildman–Crippen LogP) is 2.41. The van der Waals surface area contributed by atoms with Crippen LogP contribution < -0.4 is 10.1 Å². The molecule has 0 aliphatic rings. The molecular weight excluding hydrogens is 226 g/mol. The zero-order valence-corrected chi connectivity index (χ0v) is 9.83. The first-order valence-corrected chi connectivity index (χ1v) is 5.36. The van der Waals surface area contributed by atoms with E-state index < -0.39 is 0 Å². The second-order valence-electron chi connectivity index (χ2n) is 3.12. The van der Waals surface area contributed by atoms with E-state index in [2.05, 4.69) is 5.32 Å². The molecule has 1 aromatic carbocycles. The number of benzene rings is 1. The van der Waals surface area contributed by atoms with E-state index in [1.54, 1.807) is 24.3 Å². The van der Waals surface area contributed by atoms with Crippen LogP contribution in [0.3, 0.4) is 0 Å². The molecule has 0 aliphatic heterocycles. The SMILES string of the molecule is C/C=C/CNC(=O)COc1ccc(Cl)cc1. The van der Waals surface area contributed by atoms with Gasteiger partial charge in [0, 0.05) is 11.6 Å². The van der Waals surface area contributed by atoms with E-state index in [1.807, 2.05) is 19.1 Å². The van der Waals surface area contributed by atoms with E-state index in [0.29, 0.717) is 17.3 Å². The summed E-state index contributed by atoms with van der Waals surface area (Å²) in [7, 11) is 0. The summed E-state index contributed by atoms with van der Waals surface area (Å²) < 4.78 is 5.26. The average Bonchev–Trinajstić information content (AvgIpc) is 2.29. The largest absolute Gasteiger partial charge is 0.484 e. The van der Waals surface area contributed by atoms with Gasteiger partial charge in [-0.15, -0.1) is 0 Å². The molecule has 3 nitrogen and oxygen atoms in total. The van der Waals surface area contributed by atoms with Crippen LogP contribution in [0.5, 0.6) is 5.75 Å². The van der Waals surface area contributed by atoms with Crippen LogP contribution in [0.1, 0.15) is 6.92 Å². The number of carbonyl (C=O) groups excluding carboxylic acids is 1. The number of nitrogens with one attached hydrogen (secondary N) is 1. The Labute approximate surface area is 100 Å². The number of rotatable bonds is 5. The normalized spacial score (nSPS) is 10.4. The lowest BCUT2D eigenvalue weighted by Crippen LogP contribution is -2.28. The molecule has 0 unspecified atom stereocenters. The first-order valence-electron chi connectivity index (χ1n) is 4.98. The molecule has 0 saturated heterocycles. The molecule has 1 rings (SSSR count). The highest BCUT2D eigenvalue weighted by Crippen LogP contribution is 2.15. The third-order valence-electron chi connectivity index (χ3n) is 1.84. The third kappa shape index (κ3) is 4.84. The van der Waals surface area contributed by atoms with Gasteiger partial charge in [0.05, 0.1) is 0 Å².